The van der Waals surface area contributed by atoms with Crippen LogP contribution in [0.2, 0.25) is 5.02 Å². The molecule has 7 heteroatoms. The van der Waals surface area contributed by atoms with Gasteiger partial charge in [-0.25, -0.2) is 9.97 Å². The Labute approximate surface area is 133 Å². The lowest BCUT2D eigenvalue weighted by atomic mass is 9.92. The van der Waals surface area contributed by atoms with Gasteiger partial charge in [-0.15, -0.1) is 11.6 Å². The Kier molecular flexibility index (Phi) is 4.44. The average molecular weight is 329 g/mol. The molecule has 0 aliphatic carbocycles. The number of aromatic nitrogens is 3. The molecule has 0 saturated carbocycles. The molecule has 2 aromatic heterocycles. The standard InChI is InChI=1S/C14H18Cl2N4O/c1-8(15)11-19-10-5-9(16)6-18-12(10)20(11)7-14(2,3)13(21)17-4/h5-6,8H,7H2,1-4H3,(H,17,21). The van der Waals surface area contributed by atoms with E-state index in [1.54, 1.807) is 19.3 Å². The number of hydrogen-bond donors (Lipinski definition) is 1. The second-order valence-corrected chi connectivity index (χ2v) is 6.72. The number of carbonyl (C=O) groups is 1. The van der Waals surface area contributed by atoms with Crippen LogP contribution >= 0.6 is 23.2 Å². The van der Waals surface area contributed by atoms with Crippen molar-refractivity contribution >= 4 is 40.3 Å². The Balaban J connectivity index is 2.56. The lowest BCUT2D eigenvalue weighted by molar-refractivity contribution is -0.129. The first-order valence-corrected chi connectivity index (χ1v) is 7.45. The van der Waals surface area contributed by atoms with Crippen LogP contribution in [0.3, 0.4) is 0 Å². The summed E-state index contributed by atoms with van der Waals surface area (Å²) in [5.41, 5.74) is 0.751. The third-order valence-corrected chi connectivity index (χ3v) is 3.73. The van der Waals surface area contributed by atoms with Crippen LogP contribution in [-0.2, 0) is 11.3 Å². The summed E-state index contributed by atoms with van der Waals surface area (Å²) in [6.07, 6.45) is 1.57. The van der Waals surface area contributed by atoms with E-state index in [1.807, 2.05) is 25.3 Å². The fourth-order valence-corrected chi connectivity index (χ4v) is 2.59. The molecule has 0 aliphatic heterocycles. The molecule has 114 valence electrons. The van der Waals surface area contributed by atoms with E-state index in [2.05, 4.69) is 15.3 Å². The predicted octanol–water partition coefficient (Wildman–Crippen LogP) is 3.16. The van der Waals surface area contributed by atoms with Gasteiger partial charge in [0.15, 0.2) is 5.65 Å². The zero-order chi connectivity index (χ0) is 15.8. The number of imidazole rings is 1. The maximum Gasteiger partial charge on any atom is 0.227 e. The van der Waals surface area contributed by atoms with Crippen LogP contribution in [0.1, 0.15) is 32.0 Å². The van der Waals surface area contributed by atoms with E-state index in [1.165, 1.54) is 0 Å². The van der Waals surface area contributed by atoms with Gasteiger partial charge in [-0.2, -0.15) is 0 Å². The molecular formula is C14H18Cl2N4O. The van der Waals surface area contributed by atoms with E-state index in [-0.39, 0.29) is 11.3 Å². The number of halogens is 2. The van der Waals surface area contributed by atoms with Crippen molar-refractivity contribution in [2.24, 2.45) is 5.41 Å². The molecule has 2 rings (SSSR count). The summed E-state index contributed by atoms with van der Waals surface area (Å²) in [4.78, 5) is 20.8. The first-order chi connectivity index (χ1) is 9.76. The van der Waals surface area contributed by atoms with Crippen LogP contribution in [0.15, 0.2) is 12.3 Å². The number of amides is 1. The Morgan fingerprint density at radius 1 is 1.52 bits per heavy atom. The molecule has 2 heterocycles. The molecule has 1 atom stereocenters. The maximum absolute atomic E-state index is 12.0. The number of fused-ring (bicyclic) bond motifs is 1. The molecule has 1 amide bonds. The van der Waals surface area contributed by atoms with Gasteiger partial charge in [0.2, 0.25) is 5.91 Å². The zero-order valence-corrected chi connectivity index (χ0v) is 14.0. The summed E-state index contributed by atoms with van der Waals surface area (Å²) in [7, 11) is 1.62. The third kappa shape index (κ3) is 3.14. The minimum Gasteiger partial charge on any atom is -0.359 e. The maximum atomic E-state index is 12.0. The van der Waals surface area contributed by atoms with Crippen molar-refractivity contribution in [2.45, 2.75) is 32.7 Å². The van der Waals surface area contributed by atoms with Gasteiger partial charge in [0, 0.05) is 19.8 Å². The SMILES string of the molecule is CNC(=O)C(C)(C)Cn1c(C(C)Cl)nc2cc(Cl)cnc21. The average Bonchev–Trinajstić information content (AvgIpc) is 2.75. The first-order valence-electron chi connectivity index (χ1n) is 6.64. The van der Waals surface area contributed by atoms with E-state index in [0.717, 1.165) is 0 Å². The van der Waals surface area contributed by atoms with Gasteiger partial charge in [0.25, 0.3) is 0 Å². The number of rotatable bonds is 4. The molecule has 0 spiro atoms. The summed E-state index contributed by atoms with van der Waals surface area (Å²) >= 11 is 12.2. The van der Waals surface area contributed by atoms with Crippen LogP contribution in [0.4, 0.5) is 0 Å². The van der Waals surface area contributed by atoms with Gasteiger partial charge in [0.05, 0.1) is 15.8 Å². The van der Waals surface area contributed by atoms with Crippen molar-refractivity contribution < 1.29 is 4.79 Å². The molecular weight excluding hydrogens is 311 g/mol. The molecule has 0 bridgehead atoms. The first kappa shape index (κ1) is 16.0. The fraction of sp³-hybridized carbons (Fsp3) is 0.500. The molecule has 0 saturated heterocycles. The highest BCUT2D eigenvalue weighted by Gasteiger charge is 2.30. The van der Waals surface area contributed by atoms with Crippen molar-refractivity contribution in [1.82, 2.24) is 19.9 Å². The van der Waals surface area contributed by atoms with E-state index in [4.69, 9.17) is 23.2 Å². The minimum atomic E-state index is -0.607. The van der Waals surface area contributed by atoms with Crippen molar-refractivity contribution in [2.75, 3.05) is 7.05 Å². The zero-order valence-electron chi connectivity index (χ0n) is 12.4. The smallest absolute Gasteiger partial charge is 0.227 e. The van der Waals surface area contributed by atoms with Crippen molar-refractivity contribution in [3.8, 4) is 0 Å². The number of pyridine rings is 1. The summed E-state index contributed by atoms with van der Waals surface area (Å²) < 4.78 is 1.89. The molecule has 0 radical (unpaired) electrons. The van der Waals surface area contributed by atoms with E-state index < -0.39 is 5.41 Å². The van der Waals surface area contributed by atoms with Crippen molar-refractivity contribution in [3.05, 3.63) is 23.1 Å². The van der Waals surface area contributed by atoms with Gasteiger partial charge >= 0.3 is 0 Å². The molecule has 0 aromatic carbocycles. The quantitative estimate of drug-likeness (QED) is 0.877. The second kappa shape index (κ2) is 5.81. The number of hydrogen-bond acceptors (Lipinski definition) is 3. The van der Waals surface area contributed by atoms with Crippen LogP contribution in [0.25, 0.3) is 11.2 Å². The number of nitrogens with zero attached hydrogens (tertiary/aromatic N) is 3. The highest BCUT2D eigenvalue weighted by Crippen LogP contribution is 2.29. The van der Waals surface area contributed by atoms with E-state index >= 15 is 0 Å². The van der Waals surface area contributed by atoms with Gasteiger partial charge < -0.3 is 9.88 Å². The second-order valence-electron chi connectivity index (χ2n) is 5.63. The molecule has 2 aromatic rings. The number of alkyl halides is 1. The molecule has 1 unspecified atom stereocenters. The Morgan fingerprint density at radius 3 is 2.76 bits per heavy atom. The highest BCUT2D eigenvalue weighted by molar-refractivity contribution is 6.31. The largest absolute Gasteiger partial charge is 0.359 e. The van der Waals surface area contributed by atoms with Crippen LogP contribution in [0.5, 0.6) is 0 Å². The summed E-state index contributed by atoms with van der Waals surface area (Å²) in [6.45, 7) is 6.02. The van der Waals surface area contributed by atoms with Crippen molar-refractivity contribution in [1.29, 1.82) is 0 Å². The van der Waals surface area contributed by atoms with E-state index in [0.29, 0.717) is 28.6 Å². The minimum absolute atomic E-state index is 0.0495. The third-order valence-electron chi connectivity index (χ3n) is 3.33. The normalized spacial score (nSPS) is 13.4. The molecule has 21 heavy (non-hydrogen) atoms. The Bertz CT molecular complexity index is 679. The van der Waals surface area contributed by atoms with Gasteiger partial charge in [-0.1, -0.05) is 11.6 Å². The summed E-state index contributed by atoms with van der Waals surface area (Å²) in [5.74, 6) is 0.630. The van der Waals surface area contributed by atoms with Crippen molar-refractivity contribution in [3.63, 3.8) is 0 Å². The lowest BCUT2D eigenvalue weighted by Crippen LogP contribution is -2.38. The number of carbonyl (C=O) groups excluding carboxylic acids is 1. The van der Waals surface area contributed by atoms with Crippen LogP contribution < -0.4 is 5.32 Å². The van der Waals surface area contributed by atoms with Gasteiger partial charge in [0.1, 0.15) is 11.3 Å². The fourth-order valence-electron chi connectivity index (χ4n) is 2.27. The van der Waals surface area contributed by atoms with Crippen LogP contribution in [-0.4, -0.2) is 27.5 Å². The molecule has 0 fully saturated rings. The topological polar surface area (TPSA) is 59.8 Å². The summed E-state index contributed by atoms with van der Waals surface area (Å²) in [6, 6.07) is 1.75. The molecule has 5 nitrogen and oxygen atoms in total. The van der Waals surface area contributed by atoms with Gasteiger partial charge in [-0.3, -0.25) is 4.79 Å². The predicted molar refractivity (Wildman–Crippen MR) is 84.7 cm³/mol. The Morgan fingerprint density at radius 2 is 2.19 bits per heavy atom. The highest BCUT2D eigenvalue weighted by atomic mass is 35.5. The Hall–Kier alpha value is -1.33. The number of nitrogens with one attached hydrogen (secondary N) is 1. The molecule has 0 aliphatic rings. The summed E-state index contributed by atoms with van der Waals surface area (Å²) in [5, 5.41) is 2.90. The van der Waals surface area contributed by atoms with Gasteiger partial charge in [-0.05, 0) is 26.8 Å². The van der Waals surface area contributed by atoms with E-state index in [9.17, 15) is 4.79 Å². The molecule has 1 N–H and O–H groups in total. The lowest BCUT2D eigenvalue weighted by Gasteiger charge is -2.24. The van der Waals surface area contributed by atoms with Crippen LogP contribution in [0, 0.1) is 5.41 Å². The monoisotopic (exact) mass is 328 g/mol.